The van der Waals surface area contributed by atoms with Gasteiger partial charge >= 0.3 is 5.97 Å². The predicted octanol–water partition coefficient (Wildman–Crippen LogP) is 2.51. The Morgan fingerprint density at radius 3 is 3.00 bits per heavy atom. The van der Waals surface area contributed by atoms with Crippen molar-refractivity contribution in [2.24, 2.45) is 11.8 Å². The third kappa shape index (κ3) is 2.35. The summed E-state index contributed by atoms with van der Waals surface area (Å²) in [6, 6.07) is 0. The molecule has 1 aliphatic carbocycles. The minimum atomic E-state index is -0.674. The molecule has 3 atom stereocenters. The zero-order valence-corrected chi connectivity index (χ0v) is 10.5. The molecule has 1 aromatic rings. The van der Waals surface area contributed by atoms with Crippen LogP contribution in [0.4, 0.5) is 0 Å². The fourth-order valence-electron chi connectivity index (χ4n) is 2.88. The molecule has 1 N–H and O–H groups in total. The van der Waals surface area contributed by atoms with E-state index in [1.54, 1.807) is 6.20 Å². The Balaban J connectivity index is 2.28. The average Bonchev–Trinajstić information content (AvgIpc) is 2.76. The molecular formula is C13H20N2O2. The zero-order valence-electron chi connectivity index (χ0n) is 10.5. The summed E-state index contributed by atoms with van der Waals surface area (Å²) in [5.74, 6) is 0.682. The van der Waals surface area contributed by atoms with Gasteiger partial charge in [-0.2, -0.15) is 0 Å². The van der Waals surface area contributed by atoms with Crippen molar-refractivity contribution in [3.63, 3.8) is 0 Å². The number of hydrogen-bond donors (Lipinski definition) is 1. The fraction of sp³-hybridized carbons (Fsp3) is 0.692. The van der Waals surface area contributed by atoms with Crippen molar-refractivity contribution in [1.82, 2.24) is 9.55 Å². The van der Waals surface area contributed by atoms with Crippen LogP contribution >= 0.6 is 0 Å². The normalized spacial score (nSPS) is 29.2. The van der Waals surface area contributed by atoms with E-state index in [-0.39, 0.29) is 11.8 Å². The van der Waals surface area contributed by atoms with Crippen molar-refractivity contribution in [3.8, 4) is 0 Å². The quantitative estimate of drug-likeness (QED) is 0.877. The van der Waals surface area contributed by atoms with Crippen molar-refractivity contribution in [2.75, 3.05) is 0 Å². The van der Waals surface area contributed by atoms with Gasteiger partial charge in [-0.1, -0.05) is 6.92 Å². The molecule has 1 aliphatic rings. The number of aliphatic carboxylic acids is 1. The van der Waals surface area contributed by atoms with Crippen molar-refractivity contribution in [2.45, 2.75) is 45.6 Å². The Kier molecular flexibility index (Phi) is 3.50. The number of nitrogens with zero attached hydrogens (tertiary/aromatic N) is 2. The maximum atomic E-state index is 11.3. The molecule has 0 spiro atoms. The van der Waals surface area contributed by atoms with E-state index in [9.17, 15) is 9.90 Å². The van der Waals surface area contributed by atoms with Crippen LogP contribution in [0.2, 0.25) is 0 Å². The lowest BCUT2D eigenvalue weighted by atomic mass is 9.74. The molecule has 1 saturated carbocycles. The van der Waals surface area contributed by atoms with Crippen LogP contribution in [0, 0.1) is 11.8 Å². The summed E-state index contributed by atoms with van der Waals surface area (Å²) in [6.45, 7) is 5.12. The Morgan fingerprint density at radius 2 is 2.35 bits per heavy atom. The second-order valence-corrected chi connectivity index (χ2v) is 5.04. The van der Waals surface area contributed by atoms with E-state index in [0.717, 1.165) is 31.6 Å². The Labute approximate surface area is 102 Å². The van der Waals surface area contributed by atoms with E-state index >= 15 is 0 Å². The van der Waals surface area contributed by atoms with Crippen LogP contribution in [0.5, 0.6) is 0 Å². The topological polar surface area (TPSA) is 55.1 Å². The molecule has 4 nitrogen and oxygen atoms in total. The molecule has 1 aromatic heterocycles. The number of carboxylic acids is 1. The van der Waals surface area contributed by atoms with Gasteiger partial charge in [0.25, 0.3) is 0 Å². The van der Waals surface area contributed by atoms with Gasteiger partial charge in [-0.3, -0.25) is 4.79 Å². The van der Waals surface area contributed by atoms with Crippen molar-refractivity contribution in [3.05, 3.63) is 18.2 Å². The number of aromatic nitrogens is 2. The Hall–Kier alpha value is -1.32. The molecule has 1 heterocycles. The van der Waals surface area contributed by atoms with E-state index < -0.39 is 5.97 Å². The molecule has 0 bridgehead atoms. The Morgan fingerprint density at radius 1 is 1.59 bits per heavy atom. The summed E-state index contributed by atoms with van der Waals surface area (Å²) in [4.78, 5) is 15.7. The number of aryl methyl sites for hydroxylation is 1. The maximum absolute atomic E-state index is 11.3. The van der Waals surface area contributed by atoms with Crippen molar-refractivity contribution in [1.29, 1.82) is 0 Å². The first-order valence-electron chi connectivity index (χ1n) is 6.37. The highest BCUT2D eigenvalue weighted by Gasteiger charge is 2.36. The lowest BCUT2D eigenvalue weighted by Gasteiger charge is -2.32. The molecule has 4 heteroatoms. The second-order valence-electron chi connectivity index (χ2n) is 5.04. The highest BCUT2D eigenvalue weighted by atomic mass is 16.4. The van der Waals surface area contributed by atoms with Gasteiger partial charge in [0.1, 0.15) is 5.82 Å². The average molecular weight is 236 g/mol. The van der Waals surface area contributed by atoms with Gasteiger partial charge in [0, 0.05) is 24.9 Å². The maximum Gasteiger partial charge on any atom is 0.307 e. The minimum absolute atomic E-state index is 0.0752. The van der Waals surface area contributed by atoms with Gasteiger partial charge in [0.05, 0.1) is 5.92 Å². The second kappa shape index (κ2) is 4.90. The fourth-order valence-corrected chi connectivity index (χ4v) is 2.88. The van der Waals surface area contributed by atoms with E-state index in [1.807, 2.05) is 6.20 Å². The molecule has 94 valence electrons. The molecule has 3 unspecified atom stereocenters. The standard InChI is InChI=1S/C13H20N2O2/c1-3-15-7-6-14-12(15)11-8-9(2)4-5-10(11)13(16)17/h6-7,9-11H,3-5,8H2,1-2H3,(H,16,17). The van der Waals surface area contributed by atoms with E-state index in [4.69, 9.17) is 0 Å². The lowest BCUT2D eigenvalue weighted by molar-refractivity contribution is -0.144. The van der Waals surface area contributed by atoms with Crippen LogP contribution in [0.25, 0.3) is 0 Å². The molecular weight excluding hydrogens is 216 g/mol. The Bertz CT molecular complexity index is 400. The van der Waals surface area contributed by atoms with E-state index in [2.05, 4.69) is 23.4 Å². The van der Waals surface area contributed by atoms with Crippen LogP contribution < -0.4 is 0 Å². The summed E-state index contributed by atoms with van der Waals surface area (Å²) in [7, 11) is 0. The molecule has 0 amide bonds. The van der Waals surface area contributed by atoms with Gasteiger partial charge in [0.15, 0.2) is 0 Å². The first-order chi connectivity index (χ1) is 8.13. The summed E-state index contributed by atoms with van der Waals surface area (Å²) in [5.41, 5.74) is 0. The molecule has 17 heavy (non-hydrogen) atoms. The van der Waals surface area contributed by atoms with Crippen molar-refractivity contribution >= 4 is 5.97 Å². The number of imidazole rings is 1. The summed E-state index contributed by atoms with van der Waals surface area (Å²) in [6.07, 6.45) is 6.44. The van der Waals surface area contributed by atoms with Gasteiger partial charge in [-0.25, -0.2) is 4.98 Å². The summed E-state index contributed by atoms with van der Waals surface area (Å²) < 4.78 is 2.07. The highest BCUT2D eigenvalue weighted by molar-refractivity contribution is 5.71. The third-order valence-electron chi connectivity index (χ3n) is 3.85. The zero-order chi connectivity index (χ0) is 12.4. The van der Waals surface area contributed by atoms with Crippen LogP contribution in [0.3, 0.4) is 0 Å². The highest BCUT2D eigenvalue weighted by Crippen LogP contribution is 2.39. The largest absolute Gasteiger partial charge is 0.481 e. The van der Waals surface area contributed by atoms with Gasteiger partial charge in [0.2, 0.25) is 0 Å². The first-order valence-corrected chi connectivity index (χ1v) is 6.37. The van der Waals surface area contributed by atoms with E-state index in [0.29, 0.717) is 5.92 Å². The number of hydrogen-bond acceptors (Lipinski definition) is 2. The number of rotatable bonds is 3. The molecule has 0 aliphatic heterocycles. The third-order valence-corrected chi connectivity index (χ3v) is 3.85. The lowest BCUT2D eigenvalue weighted by Crippen LogP contribution is -2.30. The van der Waals surface area contributed by atoms with Gasteiger partial charge in [-0.05, 0) is 32.1 Å². The first kappa shape index (κ1) is 12.1. The molecule has 2 rings (SSSR count). The van der Waals surface area contributed by atoms with Crippen LogP contribution in [-0.2, 0) is 11.3 Å². The van der Waals surface area contributed by atoms with Crippen LogP contribution in [0.15, 0.2) is 12.4 Å². The van der Waals surface area contributed by atoms with E-state index in [1.165, 1.54) is 0 Å². The van der Waals surface area contributed by atoms with Crippen molar-refractivity contribution < 1.29 is 9.90 Å². The smallest absolute Gasteiger partial charge is 0.307 e. The molecule has 1 fully saturated rings. The van der Waals surface area contributed by atoms with Crippen LogP contribution in [-0.4, -0.2) is 20.6 Å². The number of carbonyl (C=O) groups is 1. The predicted molar refractivity (Wildman–Crippen MR) is 64.8 cm³/mol. The van der Waals surface area contributed by atoms with Crippen LogP contribution in [0.1, 0.15) is 44.9 Å². The molecule has 0 radical (unpaired) electrons. The summed E-state index contributed by atoms with van der Waals surface area (Å²) in [5, 5.41) is 9.32. The van der Waals surface area contributed by atoms with Gasteiger partial charge < -0.3 is 9.67 Å². The molecule has 0 saturated heterocycles. The number of carboxylic acid groups (broad SMARTS) is 1. The minimum Gasteiger partial charge on any atom is -0.481 e. The summed E-state index contributed by atoms with van der Waals surface area (Å²) >= 11 is 0. The van der Waals surface area contributed by atoms with Gasteiger partial charge in [-0.15, -0.1) is 0 Å². The SMILES string of the molecule is CCn1ccnc1C1CC(C)CCC1C(=O)O. The monoisotopic (exact) mass is 236 g/mol. The molecule has 0 aromatic carbocycles.